The number of rotatable bonds is 3. The van der Waals surface area contributed by atoms with E-state index in [1.54, 1.807) is 11.3 Å². The Bertz CT molecular complexity index is 2910. The molecule has 47 heavy (non-hydrogen) atoms. The number of benzene rings is 7. The maximum Gasteiger partial charge on any atom is 0.0992 e. The molecule has 0 saturated carbocycles. The zero-order valence-corrected chi connectivity index (χ0v) is 26.0. The maximum absolute atomic E-state index is 9.44. The summed E-state index contributed by atoms with van der Waals surface area (Å²) in [6, 6.07) is 56.8. The standard InChI is InChI=1S/C43H25N3S/c44-26-27-14-18-35-36-20-17-31(25-43(36)47-42(35)22-27)46-38-12-6-4-10-32(38)34-19-15-29(24-41(34)46)28-16-21-40-37(23-28)33-11-5-7-13-39(33)45(40)30-8-2-1-3-9-30/h1-25H. The van der Waals surface area contributed by atoms with Crippen molar-refractivity contribution in [2.24, 2.45) is 0 Å². The molecule has 3 aromatic heterocycles. The molecule has 3 heterocycles. The van der Waals surface area contributed by atoms with Crippen LogP contribution in [0.4, 0.5) is 0 Å². The lowest BCUT2D eigenvalue weighted by atomic mass is 10.0. The molecule has 10 rings (SSSR count). The maximum atomic E-state index is 9.44. The zero-order valence-electron chi connectivity index (χ0n) is 25.2. The second-order valence-electron chi connectivity index (χ2n) is 12.1. The quantitative estimate of drug-likeness (QED) is 0.195. The van der Waals surface area contributed by atoms with Crippen molar-refractivity contribution >= 4 is 75.1 Å². The van der Waals surface area contributed by atoms with Crippen molar-refractivity contribution in [1.82, 2.24) is 9.13 Å². The molecular formula is C43H25N3S. The molecule has 0 aliphatic heterocycles. The van der Waals surface area contributed by atoms with Crippen LogP contribution in [0, 0.1) is 11.3 Å². The van der Waals surface area contributed by atoms with E-state index in [1.807, 2.05) is 12.1 Å². The van der Waals surface area contributed by atoms with Gasteiger partial charge in [-0.3, -0.25) is 0 Å². The fourth-order valence-electron chi connectivity index (χ4n) is 7.41. The molecule has 3 nitrogen and oxygen atoms in total. The third kappa shape index (κ3) is 3.85. The average Bonchev–Trinajstić information content (AvgIpc) is 3.78. The Morgan fingerprint density at radius 2 is 0.979 bits per heavy atom. The molecule has 0 spiro atoms. The molecular weight excluding hydrogens is 591 g/mol. The molecule has 0 aliphatic carbocycles. The largest absolute Gasteiger partial charge is 0.309 e. The van der Waals surface area contributed by atoms with Crippen molar-refractivity contribution in [3.8, 4) is 28.6 Å². The molecule has 0 radical (unpaired) electrons. The second kappa shape index (κ2) is 9.92. The van der Waals surface area contributed by atoms with Crippen LogP contribution in [-0.4, -0.2) is 9.13 Å². The van der Waals surface area contributed by atoms with E-state index >= 15 is 0 Å². The van der Waals surface area contributed by atoms with Crippen LogP contribution in [0.25, 0.3) is 86.3 Å². The summed E-state index contributed by atoms with van der Waals surface area (Å²) in [4.78, 5) is 0. The zero-order chi connectivity index (χ0) is 31.1. The van der Waals surface area contributed by atoms with Gasteiger partial charge in [-0.05, 0) is 77.9 Å². The average molecular weight is 616 g/mol. The van der Waals surface area contributed by atoms with Gasteiger partial charge in [0, 0.05) is 53.1 Å². The van der Waals surface area contributed by atoms with Gasteiger partial charge in [-0.1, -0.05) is 84.9 Å². The highest BCUT2D eigenvalue weighted by Crippen LogP contribution is 2.40. The van der Waals surface area contributed by atoms with Crippen molar-refractivity contribution < 1.29 is 0 Å². The Kier molecular flexibility index (Phi) is 5.51. The first-order valence-electron chi connectivity index (χ1n) is 15.7. The fourth-order valence-corrected chi connectivity index (χ4v) is 8.59. The number of nitrogens with zero attached hydrogens (tertiary/aromatic N) is 3. The van der Waals surface area contributed by atoms with Gasteiger partial charge in [0.1, 0.15) is 0 Å². The Morgan fingerprint density at radius 3 is 1.77 bits per heavy atom. The minimum atomic E-state index is 0.696. The summed E-state index contributed by atoms with van der Waals surface area (Å²) in [5.41, 5.74) is 10.2. The Balaban J connectivity index is 1.18. The van der Waals surface area contributed by atoms with Gasteiger partial charge < -0.3 is 9.13 Å². The third-order valence-electron chi connectivity index (χ3n) is 9.54. The minimum absolute atomic E-state index is 0.696. The smallest absolute Gasteiger partial charge is 0.0992 e. The summed E-state index contributed by atoms with van der Waals surface area (Å²) in [5.74, 6) is 0. The van der Waals surface area contributed by atoms with Crippen LogP contribution >= 0.6 is 11.3 Å². The van der Waals surface area contributed by atoms with Gasteiger partial charge in [0.15, 0.2) is 0 Å². The van der Waals surface area contributed by atoms with Crippen LogP contribution in [0.15, 0.2) is 152 Å². The van der Waals surface area contributed by atoms with Crippen molar-refractivity contribution in [2.45, 2.75) is 0 Å². The number of fused-ring (bicyclic) bond motifs is 9. The van der Waals surface area contributed by atoms with Crippen molar-refractivity contribution in [3.63, 3.8) is 0 Å². The van der Waals surface area contributed by atoms with E-state index in [4.69, 9.17) is 0 Å². The Morgan fingerprint density at radius 1 is 0.404 bits per heavy atom. The molecule has 4 heteroatoms. The van der Waals surface area contributed by atoms with E-state index in [0.29, 0.717) is 5.56 Å². The van der Waals surface area contributed by atoms with Gasteiger partial charge in [-0.15, -0.1) is 11.3 Å². The van der Waals surface area contributed by atoms with E-state index in [9.17, 15) is 5.26 Å². The number of hydrogen-bond donors (Lipinski definition) is 0. The first kappa shape index (κ1) is 26.1. The SMILES string of the molecule is N#Cc1ccc2c(c1)sc1cc(-n3c4ccccc4c4ccc(-c5ccc6c(c5)c5ccccc5n6-c5ccccc5)cc43)ccc12. The molecule has 0 bridgehead atoms. The summed E-state index contributed by atoms with van der Waals surface area (Å²) >= 11 is 1.75. The molecule has 0 atom stereocenters. The summed E-state index contributed by atoms with van der Waals surface area (Å²) in [7, 11) is 0. The molecule has 0 amide bonds. The predicted octanol–water partition coefficient (Wildman–Crippen LogP) is 11.8. The van der Waals surface area contributed by atoms with Crippen LogP contribution in [-0.2, 0) is 0 Å². The molecule has 0 aliphatic rings. The number of hydrogen-bond acceptors (Lipinski definition) is 2. The highest BCUT2D eigenvalue weighted by atomic mass is 32.1. The number of thiophene rings is 1. The lowest BCUT2D eigenvalue weighted by Crippen LogP contribution is -1.94. The van der Waals surface area contributed by atoms with E-state index in [-0.39, 0.29) is 0 Å². The summed E-state index contributed by atoms with van der Waals surface area (Å²) in [5, 5.41) is 16.8. The molecule has 0 N–H and O–H groups in total. The van der Waals surface area contributed by atoms with Crippen LogP contribution in [0.2, 0.25) is 0 Å². The normalized spacial score (nSPS) is 11.8. The van der Waals surface area contributed by atoms with Gasteiger partial charge in [0.05, 0.1) is 33.7 Å². The van der Waals surface area contributed by atoms with E-state index < -0.39 is 0 Å². The molecule has 0 unspecified atom stereocenters. The number of para-hydroxylation sites is 3. The number of aromatic nitrogens is 2. The summed E-state index contributed by atoms with van der Waals surface area (Å²) < 4.78 is 7.12. The van der Waals surface area contributed by atoms with Gasteiger partial charge in [0.2, 0.25) is 0 Å². The van der Waals surface area contributed by atoms with E-state index in [1.165, 1.54) is 75.9 Å². The monoisotopic (exact) mass is 615 g/mol. The molecule has 10 aromatic rings. The topological polar surface area (TPSA) is 33.6 Å². The molecule has 7 aromatic carbocycles. The fraction of sp³-hybridized carbons (Fsp3) is 0. The third-order valence-corrected chi connectivity index (χ3v) is 10.7. The highest BCUT2D eigenvalue weighted by molar-refractivity contribution is 7.25. The number of nitriles is 1. The van der Waals surface area contributed by atoms with Gasteiger partial charge in [-0.2, -0.15) is 5.26 Å². The molecule has 0 fully saturated rings. The summed E-state index contributed by atoms with van der Waals surface area (Å²) in [6.07, 6.45) is 0. The van der Waals surface area contributed by atoms with Crippen LogP contribution in [0.1, 0.15) is 5.56 Å². The van der Waals surface area contributed by atoms with Gasteiger partial charge in [-0.25, -0.2) is 0 Å². The minimum Gasteiger partial charge on any atom is -0.309 e. The van der Waals surface area contributed by atoms with E-state index in [0.717, 1.165) is 10.4 Å². The van der Waals surface area contributed by atoms with Gasteiger partial charge >= 0.3 is 0 Å². The molecule has 0 saturated heterocycles. The van der Waals surface area contributed by atoms with Crippen LogP contribution < -0.4 is 0 Å². The van der Waals surface area contributed by atoms with Crippen molar-refractivity contribution in [2.75, 3.05) is 0 Å². The first-order chi connectivity index (χ1) is 23.2. The second-order valence-corrected chi connectivity index (χ2v) is 13.2. The summed E-state index contributed by atoms with van der Waals surface area (Å²) in [6.45, 7) is 0. The molecule has 218 valence electrons. The van der Waals surface area contributed by atoms with Crippen LogP contribution in [0.3, 0.4) is 0 Å². The van der Waals surface area contributed by atoms with Crippen molar-refractivity contribution in [1.29, 1.82) is 5.26 Å². The highest BCUT2D eigenvalue weighted by Gasteiger charge is 2.17. The predicted molar refractivity (Wildman–Crippen MR) is 198 cm³/mol. The lowest BCUT2D eigenvalue weighted by molar-refractivity contribution is 1.18. The van der Waals surface area contributed by atoms with Gasteiger partial charge in [0.25, 0.3) is 0 Å². The Labute approximate surface area is 274 Å². The van der Waals surface area contributed by atoms with Crippen LogP contribution in [0.5, 0.6) is 0 Å². The first-order valence-corrected chi connectivity index (χ1v) is 16.6. The Hall–Kier alpha value is -6.15. The lowest BCUT2D eigenvalue weighted by Gasteiger charge is -2.10. The van der Waals surface area contributed by atoms with E-state index in [2.05, 4.69) is 155 Å². The van der Waals surface area contributed by atoms with Crippen molar-refractivity contribution in [3.05, 3.63) is 157 Å².